The van der Waals surface area contributed by atoms with Gasteiger partial charge in [-0.05, 0) is 53.1 Å². The lowest BCUT2D eigenvalue weighted by molar-refractivity contribution is 0.251. The Labute approximate surface area is 97.9 Å². The van der Waals surface area contributed by atoms with Crippen LogP contribution in [0.4, 0.5) is 0 Å². The van der Waals surface area contributed by atoms with Gasteiger partial charge in [-0.1, -0.05) is 12.1 Å². The molecule has 2 atom stereocenters. The van der Waals surface area contributed by atoms with Crippen molar-refractivity contribution >= 4 is 22.6 Å². The molecule has 0 saturated carbocycles. The molecule has 1 aromatic carbocycles. The van der Waals surface area contributed by atoms with Crippen LogP contribution in [-0.4, -0.2) is 17.8 Å². The van der Waals surface area contributed by atoms with Crippen LogP contribution >= 0.6 is 22.6 Å². The normalized spacial score (nSPS) is 26.7. The third kappa shape index (κ3) is 2.27. The fourth-order valence-corrected chi connectivity index (χ4v) is 2.52. The summed E-state index contributed by atoms with van der Waals surface area (Å²) in [6.45, 7) is 0.250. The highest BCUT2D eigenvalue weighted by Crippen LogP contribution is 2.26. The van der Waals surface area contributed by atoms with E-state index in [9.17, 15) is 0 Å². The molecule has 0 aromatic heterocycles. The standard InChI is InChI=1S/C11H14INO/c12-9-3-1-2-8(6-9)11-5-4-10(7-14)13-11/h1-3,6,10-11,13-14H,4-5,7H2/t10-,11+/m1/s1. The molecule has 0 unspecified atom stereocenters. The van der Waals surface area contributed by atoms with Crippen LogP contribution in [0.25, 0.3) is 0 Å². The molecule has 1 fully saturated rings. The first-order chi connectivity index (χ1) is 6.79. The zero-order chi connectivity index (χ0) is 9.97. The maximum absolute atomic E-state index is 9.02. The maximum atomic E-state index is 9.02. The van der Waals surface area contributed by atoms with Crippen molar-refractivity contribution < 1.29 is 5.11 Å². The van der Waals surface area contributed by atoms with E-state index in [1.807, 2.05) is 0 Å². The number of aliphatic hydroxyl groups excluding tert-OH is 1. The van der Waals surface area contributed by atoms with Crippen molar-refractivity contribution in [3.8, 4) is 0 Å². The molecule has 76 valence electrons. The van der Waals surface area contributed by atoms with E-state index in [4.69, 9.17) is 5.11 Å². The predicted molar refractivity (Wildman–Crippen MR) is 65.1 cm³/mol. The van der Waals surface area contributed by atoms with Crippen LogP contribution in [0.2, 0.25) is 0 Å². The molecule has 1 heterocycles. The highest BCUT2D eigenvalue weighted by atomic mass is 127. The molecule has 0 bridgehead atoms. The van der Waals surface area contributed by atoms with Crippen molar-refractivity contribution in [2.24, 2.45) is 0 Å². The summed E-state index contributed by atoms with van der Waals surface area (Å²) in [5, 5.41) is 12.5. The lowest BCUT2D eigenvalue weighted by Gasteiger charge is -2.13. The van der Waals surface area contributed by atoms with Gasteiger partial charge in [0.05, 0.1) is 6.61 Å². The molecule has 1 saturated heterocycles. The smallest absolute Gasteiger partial charge is 0.0584 e. The summed E-state index contributed by atoms with van der Waals surface area (Å²) < 4.78 is 1.27. The van der Waals surface area contributed by atoms with Crippen LogP contribution in [0.5, 0.6) is 0 Å². The fraction of sp³-hybridized carbons (Fsp3) is 0.455. The fourth-order valence-electron chi connectivity index (χ4n) is 1.95. The lowest BCUT2D eigenvalue weighted by Crippen LogP contribution is -2.27. The lowest BCUT2D eigenvalue weighted by atomic mass is 10.1. The van der Waals surface area contributed by atoms with E-state index in [0.717, 1.165) is 12.8 Å². The summed E-state index contributed by atoms with van der Waals surface area (Å²) in [7, 11) is 0. The second kappa shape index (κ2) is 4.59. The Morgan fingerprint density at radius 2 is 2.29 bits per heavy atom. The van der Waals surface area contributed by atoms with Gasteiger partial charge in [0.1, 0.15) is 0 Å². The molecular weight excluding hydrogens is 289 g/mol. The number of halogens is 1. The highest BCUT2D eigenvalue weighted by Gasteiger charge is 2.23. The maximum Gasteiger partial charge on any atom is 0.0584 e. The molecule has 0 amide bonds. The summed E-state index contributed by atoms with van der Waals surface area (Å²) in [4.78, 5) is 0. The third-order valence-corrected chi connectivity index (χ3v) is 3.38. The number of hydrogen-bond acceptors (Lipinski definition) is 2. The first kappa shape index (κ1) is 10.4. The van der Waals surface area contributed by atoms with Gasteiger partial charge < -0.3 is 10.4 Å². The van der Waals surface area contributed by atoms with Gasteiger partial charge in [0.15, 0.2) is 0 Å². The quantitative estimate of drug-likeness (QED) is 0.820. The van der Waals surface area contributed by atoms with Gasteiger partial charge in [0, 0.05) is 15.7 Å². The Morgan fingerprint density at radius 1 is 1.43 bits per heavy atom. The summed E-state index contributed by atoms with van der Waals surface area (Å²) in [5.74, 6) is 0. The van der Waals surface area contributed by atoms with Gasteiger partial charge in [-0.25, -0.2) is 0 Å². The second-order valence-electron chi connectivity index (χ2n) is 3.73. The number of rotatable bonds is 2. The van der Waals surface area contributed by atoms with Crippen LogP contribution in [0.1, 0.15) is 24.4 Å². The zero-order valence-corrected chi connectivity index (χ0v) is 10.1. The molecule has 2 N–H and O–H groups in total. The first-order valence-electron chi connectivity index (χ1n) is 4.92. The van der Waals surface area contributed by atoms with E-state index in [1.54, 1.807) is 0 Å². The molecule has 14 heavy (non-hydrogen) atoms. The zero-order valence-electron chi connectivity index (χ0n) is 7.91. The minimum atomic E-state index is 0.250. The Morgan fingerprint density at radius 3 is 2.93 bits per heavy atom. The van der Waals surface area contributed by atoms with Crippen molar-refractivity contribution in [2.75, 3.05) is 6.61 Å². The highest BCUT2D eigenvalue weighted by molar-refractivity contribution is 14.1. The third-order valence-electron chi connectivity index (χ3n) is 2.71. The number of nitrogens with one attached hydrogen (secondary N) is 1. The summed E-state index contributed by atoms with van der Waals surface area (Å²) in [6.07, 6.45) is 2.21. The second-order valence-corrected chi connectivity index (χ2v) is 4.98. The van der Waals surface area contributed by atoms with Crippen molar-refractivity contribution in [3.05, 3.63) is 33.4 Å². The molecular formula is C11H14INO. The van der Waals surface area contributed by atoms with Crippen LogP contribution in [0.15, 0.2) is 24.3 Å². The van der Waals surface area contributed by atoms with Crippen LogP contribution in [0, 0.1) is 3.57 Å². The van der Waals surface area contributed by atoms with Crippen LogP contribution in [0.3, 0.4) is 0 Å². The van der Waals surface area contributed by atoms with Crippen molar-refractivity contribution in [3.63, 3.8) is 0 Å². The molecule has 3 heteroatoms. The molecule has 2 nitrogen and oxygen atoms in total. The van der Waals surface area contributed by atoms with E-state index in [2.05, 4.69) is 52.2 Å². The van der Waals surface area contributed by atoms with Gasteiger partial charge in [-0.2, -0.15) is 0 Å². The molecule has 1 aliphatic heterocycles. The van der Waals surface area contributed by atoms with Crippen molar-refractivity contribution in [1.82, 2.24) is 5.32 Å². The molecule has 1 aromatic rings. The minimum absolute atomic E-state index is 0.250. The SMILES string of the molecule is OC[C@H]1CC[C@@H](c2cccc(I)c2)N1. The number of benzene rings is 1. The van der Waals surface area contributed by atoms with E-state index >= 15 is 0 Å². The molecule has 1 aliphatic rings. The predicted octanol–water partition coefficient (Wildman–Crippen LogP) is 2.08. The van der Waals surface area contributed by atoms with Crippen molar-refractivity contribution in [1.29, 1.82) is 0 Å². The Kier molecular flexibility index (Phi) is 3.41. The first-order valence-corrected chi connectivity index (χ1v) is 6.00. The van der Waals surface area contributed by atoms with Gasteiger partial charge in [0.2, 0.25) is 0 Å². The summed E-state index contributed by atoms with van der Waals surface area (Å²) >= 11 is 2.33. The van der Waals surface area contributed by atoms with Crippen molar-refractivity contribution in [2.45, 2.75) is 24.9 Å². The minimum Gasteiger partial charge on any atom is -0.395 e. The summed E-state index contributed by atoms with van der Waals surface area (Å²) in [6, 6.07) is 9.27. The largest absolute Gasteiger partial charge is 0.395 e. The van der Waals surface area contributed by atoms with Crippen LogP contribution < -0.4 is 5.32 Å². The number of aliphatic hydroxyl groups is 1. The molecule has 2 rings (SSSR count). The Balaban J connectivity index is 2.09. The Bertz CT molecular complexity index is 316. The average Bonchev–Trinajstić information content (AvgIpc) is 2.66. The van der Waals surface area contributed by atoms with Gasteiger partial charge in [0.25, 0.3) is 0 Å². The van der Waals surface area contributed by atoms with Crippen LogP contribution in [-0.2, 0) is 0 Å². The molecule has 0 radical (unpaired) electrons. The van der Waals surface area contributed by atoms with Gasteiger partial charge in [-0.15, -0.1) is 0 Å². The molecule has 0 spiro atoms. The van der Waals surface area contributed by atoms with E-state index in [-0.39, 0.29) is 12.6 Å². The monoisotopic (exact) mass is 303 g/mol. The van der Waals surface area contributed by atoms with E-state index in [0.29, 0.717) is 6.04 Å². The topological polar surface area (TPSA) is 32.3 Å². The van der Waals surface area contributed by atoms with Gasteiger partial charge >= 0.3 is 0 Å². The van der Waals surface area contributed by atoms with E-state index < -0.39 is 0 Å². The molecule has 0 aliphatic carbocycles. The Hall–Kier alpha value is -0.130. The average molecular weight is 303 g/mol. The summed E-state index contributed by atoms with van der Waals surface area (Å²) in [5.41, 5.74) is 1.34. The van der Waals surface area contributed by atoms with Gasteiger partial charge in [-0.3, -0.25) is 0 Å². The van der Waals surface area contributed by atoms with E-state index in [1.165, 1.54) is 9.13 Å². The number of hydrogen-bond donors (Lipinski definition) is 2.